The number of methoxy groups -OCH3 is 1. The van der Waals surface area contributed by atoms with Crippen molar-refractivity contribution in [1.29, 1.82) is 0 Å². The first-order valence-electron chi connectivity index (χ1n) is 9.11. The van der Waals surface area contributed by atoms with E-state index >= 15 is 0 Å². The fourth-order valence-electron chi connectivity index (χ4n) is 3.09. The van der Waals surface area contributed by atoms with Crippen LogP contribution in [0.2, 0.25) is 5.02 Å². The summed E-state index contributed by atoms with van der Waals surface area (Å²) in [4.78, 5) is 37.1. The van der Waals surface area contributed by atoms with E-state index in [2.05, 4.69) is 5.32 Å². The average molecular weight is 418 g/mol. The Morgan fingerprint density at radius 2 is 1.79 bits per heavy atom. The van der Waals surface area contributed by atoms with Crippen molar-refractivity contribution >= 4 is 29.3 Å². The Morgan fingerprint density at radius 3 is 2.34 bits per heavy atom. The molecule has 0 bridgehead atoms. The number of hydrogen-bond donors (Lipinski definition) is 1. The molecule has 1 heterocycles. The molecule has 0 saturated heterocycles. The van der Waals surface area contributed by atoms with E-state index < -0.39 is 17.9 Å². The summed E-state index contributed by atoms with van der Waals surface area (Å²) in [6.45, 7) is 6.59. The molecule has 0 aromatic heterocycles. The highest BCUT2D eigenvalue weighted by Crippen LogP contribution is 2.42. The number of hydrogen-bond acceptors (Lipinski definition) is 6. The number of nitrogens with one attached hydrogen (secondary N) is 1. The predicted molar refractivity (Wildman–Crippen MR) is 110 cm³/mol. The van der Waals surface area contributed by atoms with Crippen LogP contribution in [-0.2, 0) is 23.9 Å². The third-order valence-electron chi connectivity index (χ3n) is 4.26. The zero-order valence-corrected chi connectivity index (χ0v) is 17.8. The summed E-state index contributed by atoms with van der Waals surface area (Å²) < 4.78 is 10.4. The number of ether oxygens (including phenoxy) is 2. The molecule has 154 valence electrons. The number of carbonyl (C=O) groups is 3. The molecule has 0 amide bonds. The maximum absolute atomic E-state index is 12.9. The van der Waals surface area contributed by atoms with Crippen LogP contribution in [0.15, 0.2) is 59.0 Å². The van der Waals surface area contributed by atoms with E-state index in [1.807, 2.05) is 0 Å². The van der Waals surface area contributed by atoms with Gasteiger partial charge in [-0.15, -0.1) is 0 Å². The molecule has 1 aromatic carbocycles. The number of carbonyl (C=O) groups excluding carboxylic acids is 3. The molecular weight excluding hydrogens is 394 g/mol. The van der Waals surface area contributed by atoms with Gasteiger partial charge < -0.3 is 14.8 Å². The van der Waals surface area contributed by atoms with E-state index in [0.29, 0.717) is 22.0 Å². The summed E-state index contributed by atoms with van der Waals surface area (Å²) in [7, 11) is 1.25. The summed E-state index contributed by atoms with van der Waals surface area (Å²) in [5.74, 6) is -2.22. The molecule has 0 unspecified atom stereocenters. The highest BCUT2D eigenvalue weighted by atomic mass is 35.5. The van der Waals surface area contributed by atoms with Gasteiger partial charge in [-0.2, -0.15) is 0 Å². The highest BCUT2D eigenvalue weighted by Gasteiger charge is 2.39. The van der Waals surface area contributed by atoms with Crippen LogP contribution in [0.25, 0.3) is 0 Å². The maximum Gasteiger partial charge on any atom is 0.337 e. The molecule has 0 spiro atoms. The van der Waals surface area contributed by atoms with Crippen LogP contribution in [0.5, 0.6) is 0 Å². The molecule has 0 saturated carbocycles. The van der Waals surface area contributed by atoms with Crippen molar-refractivity contribution in [3.8, 4) is 0 Å². The van der Waals surface area contributed by atoms with Gasteiger partial charge >= 0.3 is 11.9 Å². The van der Waals surface area contributed by atoms with E-state index in [9.17, 15) is 14.4 Å². The summed E-state index contributed by atoms with van der Waals surface area (Å²) >= 11 is 6.43. The first-order chi connectivity index (χ1) is 13.7. The Kier molecular flexibility index (Phi) is 7.40. The molecule has 1 aliphatic rings. The van der Waals surface area contributed by atoms with Crippen molar-refractivity contribution in [2.45, 2.75) is 39.7 Å². The molecule has 2 rings (SSSR count). The van der Waals surface area contributed by atoms with Crippen molar-refractivity contribution in [1.82, 2.24) is 5.32 Å². The Balaban J connectivity index is 2.78. The lowest BCUT2D eigenvalue weighted by Gasteiger charge is -2.31. The lowest BCUT2D eigenvalue weighted by molar-refractivity contribution is -0.143. The standard InChI is InChI=1S/C22H24ClNO5/c1-12(2)29-22(27)18-14(4)24-17(11-10-13(3)25)20(21(26)28-5)19(18)15-8-6-7-9-16(15)23/h6-12,19,24H,1-5H3/b11-10-/t19-/m1/s1. The van der Waals surface area contributed by atoms with Crippen LogP contribution >= 0.6 is 11.6 Å². The molecule has 1 aliphatic heterocycles. The molecule has 1 aromatic rings. The summed E-state index contributed by atoms with van der Waals surface area (Å²) in [5, 5.41) is 3.42. The smallest absolute Gasteiger partial charge is 0.337 e. The van der Waals surface area contributed by atoms with Gasteiger partial charge in [0.1, 0.15) is 0 Å². The largest absolute Gasteiger partial charge is 0.466 e. The fraction of sp³-hybridized carbons (Fsp3) is 0.318. The molecule has 7 heteroatoms. The Hall–Kier alpha value is -2.86. The molecule has 0 radical (unpaired) electrons. The van der Waals surface area contributed by atoms with Gasteiger partial charge in [-0.25, -0.2) is 9.59 Å². The minimum absolute atomic E-state index is 0.166. The Morgan fingerprint density at radius 1 is 1.14 bits per heavy atom. The van der Waals surface area contributed by atoms with Gasteiger partial charge in [0.25, 0.3) is 0 Å². The number of dihydropyridines is 1. The van der Waals surface area contributed by atoms with Crippen LogP contribution in [0.4, 0.5) is 0 Å². The summed E-state index contributed by atoms with van der Waals surface area (Å²) in [6.07, 6.45) is 2.48. The normalized spacial score (nSPS) is 16.9. The first kappa shape index (κ1) is 22.4. The monoisotopic (exact) mass is 417 g/mol. The van der Waals surface area contributed by atoms with Gasteiger partial charge in [-0.1, -0.05) is 29.8 Å². The Bertz CT molecular complexity index is 927. The van der Waals surface area contributed by atoms with Crippen molar-refractivity contribution in [2.75, 3.05) is 7.11 Å². The van der Waals surface area contributed by atoms with Crippen LogP contribution < -0.4 is 5.32 Å². The average Bonchev–Trinajstić information content (AvgIpc) is 2.64. The molecular formula is C22H24ClNO5. The Labute approximate surface area is 175 Å². The first-order valence-corrected chi connectivity index (χ1v) is 9.49. The zero-order chi connectivity index (χ0) is 21.7. The number of rotatable bonds is 6. The topological polar surface area (TPSA) is 81.7 Å². The maximum atomic E-state index is 12.9. The SMILES string of the molecule is COC(=O)C1=C(/C=C\C(C)=O)NC(C)=C(C(=O)OC(C)C)[C@H]1c1ccccc1Cl. The number of halogens is 1. The minimum atomic E-state index is -0.824. The number of allylic oxidation sites excluding steroid dienone is 3. The summed E-state index contributed by atoms with van der Waals surface area (Å²) in [6, 6.07) is 6.95. The van der Waals surface area contributed by atoms with Crippen molar-refractivity contribution in [3.63, 3.8) is 0 Å². The fourth-order valence-corrected chi connectivity index (χ4v) is 3.34. The van der Waals surface area contributed by atoms with E-state index in [-0.39, 0.29) is 23.0 Å². The third kappa shape index (κ3) is 5.15. The predicted octanol–water partition coefficient (Wildman–Crippen LogP) is 3.82. The van der Waals surface area contributed by atoms with Crippen molar-refractivity contribution in [2.24, 2.45) is 0 Å². The second-order valence-electron chi connectivity index (χ2n) is 6.84. The summed E-state index contributed by atoms with van der Waals surface area (Å²) in [5.41, 5.74) is 1.83. The molecule has 1 N–H and O–H groups in total. The quantitative estimate of drug-likeness (QED) is 0.559. The van der Waals surface area contributed by atoms with E-state index in [1.165, 1.54) is 26.2 Å². The number of ketones is 1. The van der Waals surface area contributed by atoms with E-state index in [1.54, 1.807) is 45.0 Å². The van der Waals surface area contributed by atoms with Gasteiger partial charge in [0, 0.05) is 16.4 Å². The lowest BCUT2D eigenvalue weighted by Crippen LogP contribution is -2.33. The molecule has 29 heavy (non-hydrogen) atoms. The number of esters is 2. The van der Waals surface area contributed by atoms with Crippen LogP contribution in [0.3, 0.4) is 0 Å². The minimum Gasteiger partial charge on any atom is -0.466 e. The van der Waals surface area contributed by atoms with Crippen LogP contribution in [0.1, 0.15) is 39.2 Å². The molecule has 0 fully saturated rings. The van der Waals surface area contributed by atoms with Crippen LogP contribution in [-0.4, -0.2) is 30.9 Å². The molecule has 0 aliphatic carbocycles. The number of benzene rings is 1. The van der Waals surface area contributed by atoms with Gasteiger partial charge in [-0.05, 0) is 51.5 Å². The second-order valence-corrected chi connectivity index (χ2v) is 7.24. The molecule has 1 atom stereocenters. The van der Waals surface area contributed by atoms with Crippen molar-refractivity contribution < 1.29 is 23.9 Å². The van der Waals surface area contributed by atoms with Gasteiger partial charge in [0.05, 0.1) is 30.3 Å². The zero-order valence-electron chi connectivity index (χ0n) is 17.0. The third-order valence-corrected chi connectivity index (χ3v) is 4.61. The van der Waals surface area contributed by atoms with Crippen LogP contribution in [0, 0.1) is 0 Å². The lowest BCUT2D eigenvalue weighted by atomic mass is 9.80. The van der Waals surface area contributed by atoms with Crippen molar-refractivity contribution in [3.05, 3.63) is 69.5 Å². The molecule has 6 nitrogen and oxygen atoms in total. The van der Waals surface area contributed by atoms with E-state index in [0.717, 1.165) is 0 Å². The van der Waals surface area contributed by atoms with Gasteiger partial charge in [0.2, 0.25) is 0 Å². The second kappa shape index (κ2) is 9.56. The highest BCUT2D eigenvalue weighted by molar-refractivity contribution is 6.31. The van der Waals surface area contributed by atoms with Gasteiger partial charge in [-0.3, -0.25) is 4.79 Å². The van der Waals surface area contributed by atoms with Gasteiger partial charge in [0.15, 0.2) is 5.78 Å². The van der Waals surface area contributed by atoms with E-state index in [4.69, 9.17) is 21.1 Å².